The summed E-state index contributed by atoms with van der Waals surface area (Å²) in [5, 5.41) is 2.96. The maximum Gasteiger partial charge on any atom is 0.243 e. The zero-order valence-electron chi connectivity index (χ0n) is 16.0. The highest BCUT2D eigenvalue weighted by Crippen LogP contribution is 2.59. The van der Waals surface area contributed by atoms with Gasteiger partial charge in [0.05, 0.1) is 4.90 Å². The largest absolute Gasteiger partial charge is 0.352 e. The molecule has 1 aromatic heterocycles. The van der Waals surface area contributed by atoms with Gasteiger partial charge in [-0.05, 0) is 54.0 Å². The lowest BCUT2D eigenvalue weighted by molar-refractivity contribution is -0.123. The lowest BCUT2D eigenvalue weighted by atomic mass is 10.0. The molecule has 0 bridgehead atoms. The monoisotopic (exact) mass is 399 g/mol. The van der Waals surface area contributed by atoms with Crippen molar-refractivity contribution in [2.75, 3.05) is 13.1 Å². The normalized spacial score (nSPS) is 24.4. The molecular weight excluding hydrogens is 374 g/mol. The minimum atomic E-state index is -3.51. The van der Waals surface area contributed by atoms with Gasteiger partial charge in [-0.15, -0.1) is 0 Å². The van der Waals surface area contributed by atoms with Gasteiger partial charge in [-0.3, -0.25) is 9.78 Å². The second-order valence-corrected chi connectivity index (χ2v) is 9.72. The Morgan fingerprint density at radius 1 is 1.25 bits per heavy atom. The third-order valence-corrected chi connectivity index (χ3v) is 7.87. The van der Waals surface area contributed by atoms with Gasteiger partial charge < -0.3 is 5.32 Å². The van der Waals surface area contributed by atoms with Gasteiger partial charge in [0.2, 0.25) is 15.9 Å². The number of rotatable bonds is 6. The highest BCUT2D eigenvalue weighted by molar-refractivity contribution is 7.89. The fraction of sp³-hybridized carbons (Fsp3) is 0.429. The van der Waals surface area contributed by atoms with Crippen LogP contribution in [0, 0.1) is 11.3 Å². The highest BCUT2D eigenvalue weighted by Gasteiger charge is 2.62. The van der Waals surface area contributed by atoms with Crippen molar-refractivity contribution >= 4 is 15.9 Å². The van der Waals surface area contributed by atoms with E-state index in [1.165, 1.54) is 0 Å². The van der Waals surface area contributed by atoms with Crippen molar-refractivity contribution in [3.8, 4) is 0 Å². The van der Waals surface area contributed by atoms with E-state index >= 15 is 0 Å². The highest BCUT2D eigenvalue weighted by atomic mass is 32.2. The maximum atomic E-state index is 13.0. The van der Waals surface area contributed by atoms with Gasteiger partial charge in [-0.25, -0.2) is 8.42 Å². The molecule has 2 aliphatic rings. The van der Waals surface area contributed by atoms with E-state index in [1.807, 2.05) is 31.2 Å². The summed E-state index contributed by atoms with van der Waals surface area (Å²) in [5.41, 5.74) is 1.87. The van der Waals surface area contributed by atoms with Crippen LogP contribution in [-0.4, -0.2) is 36.7 Å². The second kappa shape index (κ2) is 7.29. The van der Waals surface area contributed by atoms with Crippen LogP contribution in [0.5, 0.6) is 0 Å². The van der Waals surface area contributed by atoms with E-state index in [0.29, 0.717) is 24.5 Å². The second-order valence-electron chi connectivity index (χ2n) is 7.78. The number of sulfonamides is 1. The van der Waals surface area contributed by atoms with E-state index in [4.69, 9.17) is 0 Å². The van der Waals surface area contributed by atoms with Crippen LogP contribution in [-0.2, 0) is 27.8 Å². The Morgan fingerprint density at radius 3 is 2.71 bits per heavy atom. The van der Waals surface area contributed by atoms with Crippen molar-refractivity contribution in [1.82, 2.24) is 14.6 Å². The number of carbonyl (C=O) groups is 1. The third-order valence-electron chi connectivity index (χ3n) is 6.02. The molecule has 1 spiro atoms. The molecule has 1 aliphatic carbocycles. The molecular formula is C21H25N3O3S. The lowest BCUT2D eigenvalue weighted by Crippen LogP contribution is -2.31. The Balaban J connectivity index is 1.38. The number of hydrogen-bond acceptors (Lipinski definition) is 4. The molecule has 2 unspecified atom stereocenters. The first-order valence-electron chi connectivity index (χ1n) is 9.70. The van der Waals surface area contributed by atoms with Gasteiger partial charge in [-0.1, -0.05) is 25.1 Å². The molecule has 28 heavy (non-hydrogen) atoms. The van der Waals surface area contributed by atoms with Gasteiger partial charge in [0.1, 0.15) is 0 Å². The van der Waals surface area contributed by atoms with E-state index in [2.05, 4.69) is 10.3 Å². The molecule has 2 heterocycles. The van der Waals surface area contributed by atoms with Crippen LogP contribution in [0.3, 0.4) is 0 Å². The third kappa shape index (κ3) is 3.56. The maximum absolute atomic E-state index is 13.0. The van der Waals surface area contributed by atoms with E-state index < -0.39 is 10.0 Å². The first kappa shape index (κ1) is 19.1. The van der Waals surface area contributed by atoms with Crippen LogP contribution in [0.2, 0.25) is 0 Å². The Morgan fingerprint density at radius 2 is 2.04 bits per heavy atom. The number of amides is 1. The molecule has 1 aromatic carbocycles. The van der Waals surface area contributed by atoms with Crippen molar-refractivity contribution in [2.45, 2.75) is 37.6 Å². The molecule has 7 heteroatoms. The first-order valence-corrected chi connectivity index (χ1v) is 11.1. The van der Waals surface area contributed by atoms with E-state index in [0.717, 1.165) is 30.4 Å². The fourth-order valence-corrected chi connectivity index (χ4v) is 5.63. The van der Waals surface area contributed by atoms with Crippen LogP contribution >= 0.6 is 0 Å². The molecule has 1 aliphatic heterocycles. The molecule has 1 N–H and O–H groups in total. The molecule has 4 rings (SSSR count). The van der Waals surface area contributed by atoms with Crippen LogP contribution in [0.15, 0.2) is 53.7 Å². The Labute approximate surface area is 166 Å². The SMILES string of the molecule is CCc1ccc(S(=O)(=O)N2CCC3(CC3C(=O)NCc3cccnc3)C2)cc1. The number of nitrogens with zero attached hydrogens (tertiary/aromatic N) is 2. The molecule has 2 fully saturated rings. The van der Waals surface area contributed by atoms with Gasteiger partial charge in [-0.2, -0.15) is 4.31 Å². The van der Waals surface area contributed by atoms with Crippen LogP contribution in [0.1, 0.15) is 30.9 Å². The number of carbonyl (C=O) groups excluding carboxylic acids is 1. The number of aryl methyl sites for hydroxylation is 1. The van der Waals surface area contributed by atoms with Crippen molar-refractivity contribution in [2.24, 2.45) is 11.3 Å². The van der Waals surface area contributed by atoms with Gasteiger partial charge >= 0.3 is 0 Å². The van der Waals surface area contributed by atoms with Gasteiger partial charge in [0.15, 0.2) is 0 Å². The van der Waals surface area contributed by atoms with Crippen molar-refractivity contribution in [3.05, 3.63) is 59.9 Å². The quantitative estimate of drug-likeness (QED) is 0.809. The summed E-state index contributed by atoms with van der Waals surface area (Å²) in [7, 11) is -3.51. The number of nitrogens with one attached hydrogen (secondary N) is 1. The van der Waals surface area contributed by atoms with E-state index in [9.17, 15) is 13.2 Å². The average Bonchev–Trinajstić information content (AvgIpc) is 3.25. The number of aromatic nitrogens is 1. The lowest BCUT2D eigenvalue weighted by Gasteiger charge is -2.17. The molecule has 1 saturated carbocycles. The van der Waals surface area contributed by atoms with Gasteiger partial charge in [0.25, 0.3) is 0 Å². The summed E-state index contributed by atoms with van der Waals surface area (Å²) in [6.45, 7) is 3.39. The molecule has 1 amide bonds. The number of benzene rings is 1. The molecule has 0 radical (unpaired) electrons. The first-order chi connectivity index (χ1) is 13.4. The Kier molecular flexibility index (Phi) is 4.97. The topological polar surface area (TPSA) is 79.4 Å². The summed E-state index contributed by atoms with van der Waals surface area (Å²) in [6, 6.07) is 10.9. The van der Waals surface area contributed by atoms with Crippen LogP contribution in [0.25, 0.3) is 0 Å². The van der Waals surface area contributed by atoms with E-state index in [-0.39, 0.29) is 17.2 Å². The minimum absolute atomic E-state index is 0.00963. The fourth-order valence-electron chi connectivity index (χ4n) is 4.09. The average molecular weight is 400 g/mol. The minimum Gasteiger partial charge on any atom is -0.352 e. The van der Waals surface area contributed by atoms with Gasteiger partial charge in [0, 0.05) is 37.9 Å². The Bertz CT molecular complexity index is 960. The smallest absolute Gasteiger partial charge is 0.243 e. The summed E-state index contributed by atoms with van der Waals surface area (Å²) in [5.74, 6) is -0.0951. The van der Waals surface area contributed by atoms with Crippen molar-refractivity contribution < 1.29 is 13.2 Å². The molecule has 148 valence electrons. The molecule has 2 aromatic rings. The summed E-state index contributed by atoms with van der Waals surface area (Å²) in [6.07, 6.45) is 5.81. The van der Waals surface area contributed by atoms with Crippen LogP contribution in [0.4, 0.5) is 0 Å². The zero-order valence-corrected chi connectivity index (χ0v) is 16.8. The number of hydrogen-bond donors (Lipinski definition) is 1. The zero-order chi connectivity index (χ0) is 19.8. The molecule has 2 atom stereocenters. The Hall–Kier alpha value is -2.25. The number of pyridine rings is 1. The van der Waals surface area contributed by atoms with E-state index in [1.54, 1.807) is 28.8 Å². The predicted molar refractivity (Wildman–Crippen MR) is 106 cm³/mol. The molecule has 6 nitrogen and oxygen atoms in total. The predicted octanol–water partition coefficient (Wildman–Crippen LogP) is 2.36. The summed E-state index contributed by atoms with van der Waals surface area (Å²) in [4.78, 5) is 16.9. The van der Waals surface area contributed by atoms with Crippen molar-refractivity contribution in [3.63, 3.8) is 0 Å². The molecule has 1 saturated heterocycles. The van der Waals surface area contributed by atoms with Crippen molar-refractivity contribution in [1.29, 1.82) is 0 Å². The summed E-state index contributed by atoms with van der Waals surface area (Å²) >= 11 is 0. The summed E-state index contributed by atoms with van der Waals surface area (Å²) < 4.78 is 27.5. The standard InChI is InChI=1S/C21H25N3O3S/c1-2-16-5-7-18(8-6-16)28(26,27)24-11-9-21(15-24)12-19(21)20(25)23-14-17-4-3-10-22-13-17/h3-8,10,13,19H,2,9,11-12,14-15H2,1H3,(H,23,25). The van der Waals surface area contributed by atoms with Crippen LogP contribution < -0.4 is 5.32 Å².